The van der Waals surface area contributed by atoms with Gasteiger partial charge in [0.25, 0.3) is 0 Å². The molecule has 0 radical (unpaired) electrons. The zero-order valence-electron chi connectivity index (χ0n) is 9.47. The Bertz CT molecular complexity index is 320. The second kappa shape index (κ2) is 5.17. The van der Waals surface area contributed by atoms with Gasteiger partial charge in [-0.25, -0.2) is 0 Å². The zero-order valence-corrected chi connectivity index (χ0v) is 9.47. The van der Waals surface area contributed by atoms with E-state index in [1.54, 1.807) is 0 Å². The molecule has 1 aliphatic heterocycles. The molecule has 0 aliphatic carbocycles. The first-order valence-electron chi connectivity index (χ1n) is 5.97. The highest BCUT2D eigenvalue weighted by Gasteiger charge is 2.11. The predicted octanol–water partition coefficient (Wildman–Crippen LogP) is 2.54. The van der Waals surface area contributed by atoms with Gasteiger partial charge < -0.3 is 10.6 Å². The lowest BCUT2D eigenvalue weighted by Crippen LogP contribution is -2.18. The standard InChI is InChI=1S/C13H20N2/c1-2-8-14-10-12-6-3-5-11-7-4-9-15-13(11)12/h3,5-6,14-15H,2,4,7-10H2,1H3. The lowest BCUT2D eigenvalue weighted by atomic mass is 9.99. The molecule has 82 valence electrons. The molecule has 0 atom stereocenters. The Morgan fingerprint density at radius 2 is 2.33 bits per heavy atom. The highest BCUT2D eigenvalue weighted by Crippen LogP contribution is 2.25. The minimum atomic E-state index is 0.990. The van der Waals surface area contributed by atoms with Gasteiger partial charge in [0.2, 0.25) is 0 Å². The van der Waals surface area contributed by atoms with E-state index in [9.17, 15) is 0 Å². The average molecular weight is 204 g/mol. The maximum Gasteiger partial charge on any atom is 0.0418 e. The van der Waals surface area contributed by atoms with Crippen molar-refractivity contribution in [1.29, 1.82) is 0 Å². The minimum absolute atomic E-state index is 0.990. The maximum atomic E-state index is 3.52. The molecular weight excluding hydrogens is 184 g/mol. The number of rotatable bonds is 4. The first-order chi connectivity index (χ1) is 7.42. The Labute approximate surface area is 92.1 Å². The molecule has 0 amide bonds. The van der Waals surface area contributed by atoms with Crippen molar-refractivity contribution in [2.75, 3.05) is 18.4 Å². The molecule has 2 heteroatoms. The van der Waals surface area contributed by atoms with E-state index < -0.39 is 0 Å². The third-order valence-corrected chi connectivity index (χ3v) is 2.90. The number of hydrogen-bond donors (Lipinski definition) is 2. The van der Waals surface area contributed by atoms with Crippen LogP contribution < -0.4 is 10.6 Å². The average Bonchev–Trinajstić information content (AvgIpc) is 2.30. The van der Waals surface area contributed by atoms with Gasteiger partial charge in [-0.3, -0.25) is 0 Å². The molecule has 0 saturated carbocycles. The fourth-order valence-corrected chi connectivity index (χ4v) is 2.13. The van der Waals surface area contributed by atoms with Crippen LogP contribution in [0.25, 0.3) is 0 Å². The molecule has 0 unspecified atom stereocenters. The van der Waals surface area contributed by atoms with Gasteiger partial charge in [-0.2, -0.15) is 0 Å². The zero-order chi connectivity index (χ0) is 10.5. The second-order valence-electron chi connectivity index (χ2n) is 4.16. The molecule has 0 bridgehead atoms. The van der Waals surface area contributed by atoms with Gasteiger partial charge >= 0.3 is 0 Å². The summed E-state index contributed by atoms with van der Waals surface area (Å²) in [6.07, 6.45) is 3.69. The van der Waals surface area contributed by atoms with Gasteiger partial charge in [-0.1, -0.05) is 25.1 Å². The summed E-state index contributed by atoms with van der Waals surface area (Å²) < 4.78 is 0. The largest absolute Gasteiger partial charge is 0.385 e. The Morgan fingerprint density at radius 3 is 3.20 bits per heavy atom. The van der Waals surface area contributed by atoms with Crippen molar-refractivity contribution in [3.63, 3.8) is 0 Å². The van der Waals surface area contributed by atoms with Crippen molar-refractivity contribution in [2.45, 2.75) is 32.7 Å². The molecule has 0 spiro atoms. The van der Waals surface area contributed by atoms with Crippen LogP contribution in [-0.2, 0) is 13.0 Å². The monoisotopic (exact) mass is 204 g/mol. The third kappa shape index (κ3) is 2.51. The van der Waals surface area contributed by atoms with Crippen LogP contribution in [0.4, 0.5) is 5.69 Å². The third-order valence-electron chi connectivity index (χ3n) is 2.90. The van der Waals surface area contributed by atoms with Crippen LogP contribution in [0.2, 0.25) is 0 Å². The van der Waals surface area contributed by atoms with Crippen LogP contribution in [-0.4, -0.2) is 13.1 Å². The van der Waals surface area contributed by atoms with E-state index in [4.69, 9.17) is 0 Å². The van der Waals surface area contributed by atoms with Crippen LogP contribution in [0.5, 0.6) is 0 Å². The number of anilines is 1. The Hall–Kier alpha value is -1.02. The van der Waals surface area contributed by atoms with Crippen molar-refractivity contribution < 1.29 is 0 Å². The normalized spacial score (nSPS) is 14.5. The van der Waals surface area contributed by atoms with Gasteiger partial charge in [-0.05, 0) is 36.9 Å². The van der Waals surface area contributed by atoms with Crippen LogP contribution in [0.3, 0.4) is 0 Å². The van der Waals surface area contributed by atoms with E-state index in [0.717, 1.165) is 19.6 Å². The van der Waals surface area contributed by atoms with Crippen molar-refractivity contribution in [3.05, 3.63) is 29.3 Å². The number of nitrogens with one attached hydrogen (secondary N) is 2. The van der Waals surface area contributed by atoms with Crippen LogP contribution in [0.1, 0.15) is 30.9 Å². The minimum Gasteiger partial charge on any atom is -0.385 e. The molecule has 0 fully saturated rings. The lowest BCUT2D eigenvalue weighted by molar-refractivity contribution is 0.673. The van der Waals surface area contributed by atoms with E-state index in [2.05, 4.69) is 35.8 Å². The molecule has 1 aromatic carbocycles. The summed E-state index contributed by atoms with van der Waals surface area (Å²) in [4.78, 5) is 0. The first kappa shape index (κ1) is 10.5. The van der Waals surface area contributed by atoms with E-state index in [1.807, 2.05) is 0 Å². The lowest BCUT2D eigenvalue weighted by Gasteiger charge is -2.21. The molecule has 2 N–H and O–H groups in total. The Morgan fingerprint density at radius 1 is 1.40 bits per heavy atom. The SMILES string of the molecule is CCCNCc1cccc2c1NCCC2. The quantitative estimate of drug-likeness (QED) is 0.736. The van der Waals surface area contributed by atoms with Crippen LogP contribution >= 0.6 is 0 Å². The van der Waals surface area contributed by atoms with Crippen molar-refractivity contribution in [2.24, 2.45) is 0 Å². The van der Waals surface area contributed by atoms with Crippen molar-refractivity contribution >= 4 is 5.69 Å². The highest BCUT2D eigenvalue weighted by atomic mass is 14.9. The molecule has 2 nitrogen and oxygen atoms in total. The van der Waals surface area contributed by atoms with Crippen molar-refractivity contribution in [1.82, 2.24) is 5.32 Å². The fourth-order valence-electron chi connectivity index (χ4n) is 2.13. The summed E-state index contributed by atoms with van der Waals surface area (Å²) in [5.41, 5.74) is 4.28. The first-order valence-corrected chi connectivity index (χ1v) is 5.97. The number of para-hydroxylation sites is 1. The number of benzene rings is 1. The molecule has 2 rings (SSSR count). The maximum absolute atomic E-state index is 3.52. The summed E-state index contributed by atoms with van der Waals surface area (Å²) in [7, 11) is 0. The summed E-state index contributed by atoms with van der Waals surface area (Å²) >= 11 is 0. The molecule has 1 aliphatic rings. The van der Waals surface area contributed by atoms with E-state index in [-0.39, 0.29) is 0 Å². The smallest absolute Gasteiger partial charge is 0.0418 e. The summed E-state index contributed by atoms with van der Waals surface area (Å²) in [5.74, 6) is 0. The Kier molecular flexibility index (Phi) is 3.62. The van der Waals surface area contributed by atoms with Gasteiger partial charge in [0.05, 0.1) is 0 Å². The topological polar surface area (TPSA) is 24.1 Å². The van der Waals surface area contributed by atoms with Crippen molar-refractivity contribution in [3.8, 4) is 0 Å². The highest BCUT2D eigenvalue weighted by molar-refractivity contribution is 5.59. The van der Waals surface area contributed by atoms with Gasteiger partial charge in [-0.15, -0.1) is 0 Å². The molecule has 0 aromatic heterocycles. The fraction of sp³-hybridized carbons (Fsp3) is 0.538. The summed E-state index contributed by atoms with van der Waals surface area (Å²) in [5, 5.41) is 6.98. The number of hydrogen-bond acceptors (Lipinski definition) is 2. The van der Waals surface area contributed by atoms with Crippen LogP contribution in [0, 0.1) is 0 Å². The van der Waals surface area contributed by atoms with E-state index in [0.29, 0.717) is 0 Å². The molecular formula is C13H20N2. The second-order valence-corrected chi connectivity index (χ2v) is 4.16. The molecule has 15 heavy (non-hydrogen) atoms. The predicted molar refractivity (Wildman–Crippen MR) is 65.3 cm³/mol. The molecule has 1 aromatic rings. The van der Waals surface area contributed by atoms with E-state index in [1.165, 1.54) is 36.1 Å². The summed E-state index contributed by atoms with van der Waals surface area (Å²) in [6, 6.07) is 6.64. The van der Waals surface area contributed by atoms with Gasteiger partial charge in [0.15, 0.2) is 0 Å². The molecule has 1 heterocycles. The Balaban J connectivity index is 2.09. The molecule has 0 saturated heterocycles. The van der Waals surface area contributed by atoms with E-state index >= 15 is 0 Å². The number of fused-ring (bicyclic) bond motifs is 1. The number of aryl methyl sites for hydroxylation is 1. The van der Waals surface area contributed by atoms with Gasteiger partial charge in [0.1, 0.15) is 0 Å². The summed E-state index contributed by atoms with van der Waals surface area (Å²) in [6.45, 7) is 5.41. The van der Waals surface area contributed by atoms with Crippen LogP contribution in [0.15, 0.2) is 18.2 Å². The van der Waals surface area contributed by atoms with Gasteiger partial charge in [0, 0.05) is 18.8 Å².